The van der Waals surface area contributed by atoms with Crippen molar-refractivity contribution in [3.05, 3.63) is 29.3 Å². The van der Waals surface area contributed by atoms with Crippen LogP contribution in [0.3, 0.4) is 0 Å². The number of anilines is 1. The van der Waals surface area contributed by atoms with Gasteiger partial charge in [0.15, 0.2) is 0 Å². The lowest BCUT2D eigenvalue weighted by Crippen LogP contribution is -2.39. The van der Waals surface area contributed by atoms with Gasteiger partial charge in [-0.1, -0.05) is 6.07 Å². The highest BCUT2D eigenvalue weighted by Gasteiger charge is 2.29. The minimum Gasteiger partial charge on any atom is -0.311 e. The summed E-state index contributed by atoms with van der Waals surface area (Å²) < 4.78 is 0. The van der Waals surface area contributed by atoms with Crippen molar-refractivity contribution in [2.75, 3.05) is 18.0 Å². The Balaban J connectivity index is 2.27. The number of hydrogen-bond donors (Lipinski definition) is 1. The molecule has 1 fully saturated rings. The van der Waals surface area contributed by atoms with E-state index in [0.29, 0.717) is 6.42 Å². The van der Waals surface area contributed by atoms with Crippen molar-refractivity contribution in [3.8, 4) is 0 Å². The number of nitrogens with zero attached hydrogens (tertiary/aromatic N) is 1. The van der Waals surface area contributed by atoms with Crippen molar-refractivity contribution in [1.29, 1.82) is 0 Å². The minimum atomic E-state index is -0.106. The van der Waals surface area contributed by atoms with Crippen LogP contribution >= 0.6 is 0 Å². The number of aryl methyl sites for hydroxylation is 2. The van der Waals surface area contributed by atoms with Crippen LogP contribution in [0.5, 0.6) is 0 Å². The van der Waals surface area contributed by atoms with E-state index in [1.165, 1.54) is 11.1 Å². The second-order valence-corrected chi connectivity index (χ2v) is 5.80. The Morgan fingerprint density at radius 1 is 1.22 bits per heavy atom. The van der Waals surface area contributed by atoms with Gasteiger partial charge in [0.25, 0.3) is 0 Å². The molecule has 3 heteroatoms. The van der Waals surface area contributed by atoms with Crippen molar-refractivity contribution >= 4 is 11.6 Å². The molecule has 2 rings (SSSR count). The number of nitrogens with one attached hydrogen (secondary N) is 1. The molecule has 0 unspecified atom stereocenters. The summed E-state index contributed by atoms with van der Waals surface area (Å²) in [7, 11) is 0. The molecular weight excluding hydrogens is 224 g/mol. The first-order valence-corrected chi connectivity index (χ1v) is 6.52. The third kappa shape index (κ3) is 2.72. The molecule has 98 valence electrons. The fraction of sp³-hybridized carbons (Fsp3) is 0.533. The lowest BCUT2D eigenvalue weighted by Gasteiger charge is -2.23. The number of hydrogen-bond acceptors (Lipinski definition) is 2. The van der Waals surface area contributed by atoms with Crippen LogP contribution < -0.4 is 10.2 Å². The maximum Gasteiger partial charge on any atom is 0.228 e. The Bertz CT molecular complexity index is 466. The zero-order valence-electron chi connectivity index (χ0n) is 11.7. The molecule has 0 atom stereocenters. The van der Waals surface area contributed by atoms with E-state index in [9.17, 15) is 4.79 Å². The molecule has 0 aromatic heterocycles. The van der Waals surface area contributed by atoms with Crippen LogP contribution in [0.25, 0.3) is 0 Å². The monoisotopic (exact) mass is 246 g/mol. The molecule has 1 N–H and O–H groups in total. The first kappa shape index (κ1) is 13.1. The fourth-order valence-corrected chi connectivity index (χ4v) is 2.33. The van der Waals surface area contributed by atoms with Gasteiger partial charge in [-0.15, -0.1) is 0 Å². The Morgan fingerprint density at radius 2 is 1.94 bits per heavy atom. The standard InChI is InChI=1S/C15H22N2O/c1-11-5-6-13(9-12(11)2)17-8-7-16-15(3,4)10-14(17)18/h5-6,9,16H,7-8,10H2,1-4H3. The second-order valence-electron chi connectivity index (χ2n) is 5.80. The first-order chi connectivity index (χ1) is 8.39. The molecule has 1 aliphatic rings. The predicted octanol–water partition coefficient (Wildman–Crippen LogP) is 2.41. The molecule has 0 bridgehead atoms. The predicted molar refractivity (Wildman–Crippen MR) is 75.0 cm³/mol. The van der Waals surface area contributed by atoms with Gasteiger partial charge in [-0.05, 0) is 51.0 Å². The quantitative estimate of drug-likeness (QED) is 0.825. The van der Waals surface area contributed by atoms with Gasteiger partial charge in [-0.3, -0.25) is 4.79 Å². The van der Waals surface area contributed by atoms with Gasteiger partial charge in [-0.2, -0.15) is 0 Å². The van der Waals surface area contributed by atoms with Crippen LogP contribution in [0.2, 0.25) is 0 Å². The molecule has 0 saturated carbocycles. The lowest BCUT2D eigenvalue weighted by atomic mass is 10.0. The molecule has 1 amide bonds. The molecule has 1 aromatic rings. The molecular formula is C15H22N2O. The number of carbonyl (C=O) groups excluding carboxylic acids is 1. The van der Waals surface area contributed by atoms with Crippen molar-refractivity contribution in [1.82, 2.24) is 5.32 Å². The number of amides is 1. The van der Waals surface area contributed by atoms with E-state index >= 15 is 0 Å². The number of benzene rings is 1. The molecule has 1 saturated heterocycles. The Hall–Kier alpha value is -1.35. The average Bonchev–Trinajstić information content (AvgIpc) is 2.40. The highest BCUT2D eigenvalue weighted by Crippen LogP contribution is 2.22. The number of rotatable bonds is 1. The van der Waals surface area contributed by atoms with Crippen molar-refractivity contribution < 1.29 is 4.79 Å². The molecule has 1 heterocycles. The van der Waals surface area contributed by atoms with E-state index in [2.05, 4.69) is 45.1 Å². The van der Waals surface area contributed by atoms with Gasteiger partial charge in [0.2, 0.25) is 5.91 Å². The molecule has 0 aliphatic carbocycles. The van der Waals surface area contributed by atoms with E-state index in [0.717, 1.165) is 18.8 Å². The summed E-state index contributed by atoms with van der Waals surface area (Å²) in [5.41, 5.74) is 3.41. The van der Waals surface area contributed by atoms with Crippen LogP contribution in [0, 0.1) is 13.8 Å². The second kappa shape index (κ2) is 4.73. The molecule has 0 spiro atoms. The summed E-state index contributed by atoms with van der Waals surface area (Å²) in [4.78, 5) is 14.2. The van der Waals surface area contributed by atoms with E-state index in [-0.39, 0.29) is 11.4 Å². The van der Waals surface area contributed by atoms with Gasteiger partial charge < -0.3 is 10.2 Å². The van der Waals surface area contributed by atoms with Crippen LogP contribution in [0.1, 0.15) is 31.4 Å². The zero-order valence-corrected chi connectivity index (χ0v) is 11.7. The van der Waals surface area contributed by atoms with E-state index in [4.69, 9.17) is 0 Å². The molecule has 3 nitrogen and oxygen atoms in total. The van der Waals surface area contributed by atoms with Crippen LogP contribution in [0.4, 0.5) is 5.69 Å². The van der Waals surface area contributed by atoms with E-state index < -0.39 is 0 Å². The Kier molecular flexibility index (Phi) is 3.44. The van der Waals surface area contributed by atoms with Gasteiger partial charge in [0.1, 0.15) is 0 Å². The number of carbonyl (C=O) groups is 1. The molecule has 1 aliphatic heterocycles. The Morgan fingerprint density at radius 3 is 2.61 bits per heavy atom. The summed E-state index contributed by atoms with van der Waals surface area (Å²) in [6.07, 6.45) is 0.542. The van der Waals surface area contributed by atoms with Crippen LogP contribution in [-0.2, 0) is 4.79 Å². The van der Waals surface area contributed by atoms with Crippen molar-refractivity contribution in [2.24, 2.45) is 0 Å². The fourth-order valence-electron chi connectivity index (χ4n) is 2.33. The third-order valence-corrected chi connectivity index (χ3v) is 3.64. The maximum atomic E-state index is 12.3. The van der Waals surface area contributed by atoms with Crippen LogP contribution in [-0.4, -0.2) is 24.5 Å². The molecule has 18 heavy (non-hydrogen) atoms. The van der Waals surface area contributed by atoms with E-state index in [1.807, 2.05) is 11.0 Å². The van der Waals surface area contributed by atoms with Crippen molar-refractivity contribution in [2.45, 2.75) is 39.7 Å². The SMILES string of the molecule is Cc1ccc(N2CCNC(C)(C)CC2=O)cc1C. The maximum absolute atomic E-state index is 12.3. The Labute approximate surface area is 109 Å². The summed E-state index contributed by atoms with van der Waals surface area (Å²) in [5, 5.41) is 3.41. The average molecular weight is 246 g/mol. The lowest BCUT2D eigenvalue weighted by molar-refractivity contribution is -0.119. The highest BCUT2D eigenvalue weighted by molar-refractivity contribution is 5.94. The normalized spacial score (nSPS) is 19.8. The zero-order chi connectivity index (χ0) is 13.3. The van der Waals surface area contributed by atoms with Crippen molar-refractivity contribution in [3.63, 3.8) is 0 Å². The smallest absolute Gasteiger partial charge is 0.228 e. The molecule has 1 aromatic carbocycles. The van der Waals surface area contributed by atoms with Crippen LogP contribution in [0.15, 0.2) is 18.2 Å². The van der Waals surface area contributed by atoms with Gasteiger partial charge in [0.05, 0.1) is 0 Å². The largest absolute Gasteiger partial charge is 0.311 e. The summed E-state index contributed by atoms with van der Waals surface area (Å²) in [5.74, 6) is 0.202. The highest BCUT2D eigenvalue weighted by atomic mass is 16.2. The van der Waals surface area contributed by atoms with Gasteiger partial charge in [0, 0.05) is 30.7 Å². The van der Waals surface area contributed by atoms with Gasteiger partial charge >= 0.3 is 0 Å². The molecule has 0 radical (unpaired) electrons. The van der Waals surface area contributed by atoms with Gasteiger partial charge in [-0.25, -0.2) is 0 Å². The third-order valence-electron chi connectivity index (χ3n) is 3.64. The first-order valence-electron chi connectivity index (χ1n) is 6.52. The van der Waals surface area contributed by atoms with E-state index in [1.54, 1.807) is 0 Å². The topological polar surface area (TPSA) is 32.3 Å². The summed E-state index contributed by atoms with van der Waals surface area (Å²) >= 11 is 0. The minimum absolute atomic E-state index is 0.106. The summed E-state index contributed by atoms with van der Waals surface area (Å²) in [6, 6.07) is 6.23. The summed E-state index contributed by atoms with van der Waals surface area (Å²) in [6.45, 7) is 9.91.